The Kier molecular flexibility index (Phi) is 3.48. The summed E-state index contributed by atoms with van der Waals surface area (Å²) in [4.78, 5) is 12.7. The van der Waals surface area contributed by atoms with E-state index in [0.717, 1.165) is 10.3 Å². The molecule has 0 spiro atoms. The van der Waals surface area contributed by atoms with Crippen LogP contribution in [0.4, 0.5) is 0 Å². The summed E-state index contributed by atoms with van der Waals surface area (Å²) in [5.74, 6) is 0.671. The van der Waals surface area contributed by atoms with E-state index in [2.05, 4.69) is 12.6 Å². The molecule has 0 atom stereocenters. The zero-order chi connectivity index (χ0) is 13.9. The average Bonchev–Trinajstić information content (AvgIpc) is 2.45. The minimum absolute atomic E-state index is 0.171. The number of rotatable bonds is 3. The molecule has 0 fully saturated rings. The van der Waals surface area contributed by atoms with Crippen LogP contribution in [0.1, 0.15) is 5.56 Å². The van der Waals surface area contributed by atoms with Gasteiger partial charge in [-0.2, -0.15) is 0 Å². The van der Waals surface area contributed by atoms with E-state index in [4.69, 9.17) is 9.15 Å². The minimum atomic E-state index is -0.370. The van der Waals surface area contributed by atoms with Crippen molar-refractivity contribution in [3.8, 4) is 5.75 Å². The number of benzene rings is 2. The maximum absolute atomic E-state index is 11.9. The van der Waals surface area contributed by atoms with Gasteiger partial charge in [0.15, 0.2) is 0 Å². The molecule has 0 radical (unpaired) electrons. The fourth-order valence-corrected chi connectivity index (χ4v) is 2.15. The van der Waals surface area contributed by atoms with Crippen molar-refractivity contribution in [2.24, 2.45) is 0 Å². The van der Waals surface area contributed by atoms with Gasteiger partial charge in [-0.15, -0.1) is 12.6 Å². The lowest BCUT2D eigenvalue weighted by Gasteiger charge is -2.06. The second-order valence-electron chi connectivity index (χ2n) is 4.38. The van der Waals surface area contributed by atoms with Gasteiger partial charge in [0.05, 0.1) is 5.56 Å². The van der Waals surface area contributed by atoms with Crippen molar-refractivity contribution in [3.05, 3.63) is 70.6 Å². The Bertz CT molecular complexity index is 808. The van der Waals surface area contributed by atoms with Gasteiger partial charge in [0.1, 0.15) is 17.9 Å². The largest absolute Gasteiger partial charge is 0.489 e. The first-order valence-corrected chi connectivity index (χ1v) is 6.61. The fraction of sp³-hybridized carbons (Fsp3) is 0.0625. The average molecular weight is 284 g/mol. The molecule has 0 amide bonds. The van der Waals surface area contributed by atoms with E-state index >= 15 is 0 Å². The summed E-state index contributed by atoms with van der Waals surface area (Å²) < 4.78 is 10.8. The maximum Gasteiger partial charge on any atom is 0.342 e. The molecule has 0 bridgehead atoms. The lowest BCUT2D eigenvalue weighted by molar-refractivity contribution is 0.299. The molecule has 2 aromatic carbocycles. The van der Waals surface area contributed by atoms with E-state index in [9.17, 15) is 4.79 Å². The molecule has 3 aromatic rings. The predicted molar refractivity (Wildman–Crippen MR) is 80.5 cm³/mol. The summed E-state index contributed by atoms with van der Waals surface area (Å²) in [7, 11) is 0. The number of para-hydroxylation sites is 1. The molecule has 0 N–H and O–H groups in total. The van der Waals surface area contributed by atoms with Gasteiger partial charge in [0.25, 0.3) is 0 Å². The van der Waals surface area contributed by atoms with Crippen LogP contribution in [0.2, 0.25) is 0 Å². The van der Waals surface area contributed by atoms with Gasteiger partial charge in [0.2, 0.25) is 0 Å². The first kappa shape index (κ1) is 12.8. The van der Waals surface area contributed by atoms with Crippen LogP contribution in [0.15, 0.2) is 68.7 Å². The molecule has 0 aliphatic carbocycles. The van der Waals surface area contributed by atoms with E-state index in [1.54, 1.807) is 18.2 Å². The molecule has 0 saturated carbocycles. The van der Waals surface area contributed by atoms with Crippen molar-refractivity contribution in [2.45, 2.75) is 11.5 Å². The SMILES string of the molecule is O=c1oc2ccccc2cc1COc1cccc(S)c1. The first-order chi connectivity index (χ1) is 9.72. The summed E-state index contributed by atoms with van der Waals surface area (Å²) in [6.07, 6.45) is 0. The van der Waals surface area contributed by atoms with Crippen LogP contribution in [0.5, 0.6) is 5.75 Å². The molecule has 20 heavy (non-hydrogen) atoms. The third-order valence-electron chi connectivity index (χ3n) is 2.93. The van der Waals surface area contributed by atoms with Crippen LogP contribution in [-0.2, 0) is 6.61 Å². The quantitative estimate of drug-likeness (QED) is 0.589. The van der Waals surface area contributed by atoms with Crippen LogP contribution in [0.25, 0.3) is 11.0 Å². The van der Waals surface area contributed by atoms with Gasteiger partial charge < -0.3 is 9.15 Å². The molecular weight excluding hydrogens is 272 g/mol. The molecule has 3 rings (SSSR count). The maximum atomic E-state index is 11.9. The third-order valence-corrected chi connectivity index (χ3v) is 3.20. The molecule has 0 aliphatic heterocycles. The molecule has 1 heterocycles. The summed E-state index contributed by atoms with van der Waals surface area (Å²) in [6.45, 7) is 0.171. The van der Waals surface area contributed by atoms with Crippen molar-refractivity contribution in [1.82, 2.24) is 0 Å². The van der Waals surface area contributed by atoms with Crippen LogP contribution in [-0.4, -0.2) is 0 Å². The Morgan fingerprint density at radius 3 is 2.75 bits per heavy atom. The summed E-state index contributed by atoms with van der Waals surface area (Å²) in [5.41, 5.74) is 0.706. The van der Waals surface area contributed by atoms with Gasteiger partial charge in [0, 0.05) is 10.3 Å². The molecule has 0 saturated heterocycles. The highest BCUT2D eigenvalue weighted by Gasteiger charge is 2.06. The fourth-order valence-electron chi connectivity index (χ4n) is 1.94. The zero-order valence-electron chi connectivity index (χ0n) is 10.6. The zero-order valence-corrected chi connectivity index (χ0v) is 11.5. The van der Waals surface area contributed by atoms with Crippen molar-refractivity contribution in [1.29, 1.82) is 0 Å². The van der Waals surface area contributed by atoms with Crippen LogP contribution in [0.3, 0.4) is 0 Å². The van der Waals surface area contributed by atoms with Gasteiger partial charge in [-0.05, 0) is 30.3 Å². The van der Waals surface area contributed by atoms with E-state index in [0.29, 0.717) is 16.9 Å². The predicted octanol–water partition coefficient (Wildman–Crippen LogP) is 3.66. The molecule has 0 unspecified atom stereocenters. The molecular formula is C16H12O3S. The highest BCUT2D eigenvalue weighted by molar-refractivity contribution is 7.80. The van der Waals surface area contributed by atoms with Crippen LogP contribution < -0.4 is 10.4 Å². The Hall–Kier alpha value is -2.20. The third kappa shape index (κ3) is 2.70. The number of hydrogen-bond donors (Lipinski definition) is 1. The van der Waals surface area contributed by atoms with Gasteiger partial charge in [-0.1, -0.05) is 24.3 Å². The Balaban J connectivity index is 1.87. The minimum Gasteiger partial charge on any atom is -0.489 e. The number of thiol groups is 1. The van der Waals surface area contributed by atoms with E-state index in [1.165, 1.54) is 0 Å². The highest BCUT2D eigenvalue weighted by atomic mass is 32.1. The van der Waals surface area contributed by atoms with E-state index in [-0.39, 0.29) is 12.2 Å². The molecule has 1 aromatic heterocycles. The van der Waals surface area contributed by atoms with Crippen molar-refractivity contribution >= 4 is 23.6 Å². The molecule has 3 nitrogen and oxygen atoms in total. The molecule has 100 valence electrons. The van der Waals surface area contributed by atoms with Crippen molar-refractivity contribution in [2.75, 3.05) is 0 Å². The normalized spacial score (nSPS) is 10.7. The topological polar surface area (TPSA) is 39.4 Å². The lowest BCUT2D eigenvalue weighted by Crippen LogP contribution is -2.10. The number of ether oxygens (including phenoxy) is 1. The highest BCUT2D eigenvalue weighted by Crippen LogP contribution is 2.18. The van der Waals surface area contributed by atoms with E-state index < -0.39 is 0 Å². The summed E-state index contributed by atoms with van der Waals surface area (Å²) in [5, 5.41) is 0.883. The second-order valence-corrected chi connectivity index (χ2v) is 4.90. The Labute approximate surface area is 121 Å². The Morgan fingerprint density at radius 1 is 1.05 bits per heavy atom. The number of hydrogen-bond acceptors (Lipinski definition) is 4. The Morgan fingerprint density at radius 2 is 1.90 bits per heavy atom. The van der Waals surface area contributed by atoms with Gasteiger partial charge in [-0.25, -0.2) is 4.79 Å². The smallest absolute Gasteiger partial charge is 0.342 e. The van der Waals surface area contributed by atoms with Crippen LogP contribution in [0, 0.1) is 0 Å². The summed E-state index contributed by atoms with van der Waals surface area (Å²) in [6, 6.07) is 16.5. The summed E-state index contributed by atoms with van der Waals surface area (Å²) >= 11 is 4.24. The van der Waals surface area contributed by atoms with Crippen LogP contribution >= 0.6 is 12.6 Å². The van der Waals surface area contributed by atoms with Gasteiger partial charge in [-0.3, -0.25) is 0 Å². The van der Waals surface area contributed by atoms with Crippen molar-refractivity contribution < 1.29 is 9.15 Å². The molecule has 4 heteroatoms. The second kappa shape index (κ2) is 5.43. The first-order valence-electron chi connectivity index (χ1n) is 6.16. The number of fused-ring (bicyclic) bond motifs is 1. The van der Waals surface area contributed by atoms with Gasteiger partial charge >= 0.3 is 5.63 Å². The molecule has 0 aliphatic rings. The van der Waals surface area contributed by atoms with E-state index in [1.807, 2.05) is 36.4 Å². The monoisotopic (exact) mass is 284 g/mol. The lowest BCUT2D eigenvalue weighted by atomic mass is 10.2. The standard InChI is InChI=1S/C16H12O3S/c17-16-12(8-11-4-1-2-7-15(11)19-16)10-18-13-5-3-6-14(20)9-13/h1-9,20H,10H2. The van der Waals surface area contributed by atoms with Crippen molar-refractivity contribution in [3.63, 3.8) is 0 Å².